The quantitative estimate of drug-likeness (QED) is 0.837. The third kappa shape index (κ3) is 4.56. The van der Waals surface area contributed by atoms with Crippen LogP contribution in [-0.2, 0) is 16.0 Å². The van der Waals surface area contributed by atoms with Crippen LogP contribution in [0, 0.1) is 5.92 Å². The number of morpholine rings is 1. The molecule has 0 spiro atoms. The molecular formula is C16H24N4O3. The van der Waals surface area contributed by atoms with Gasteiger partial charge in [0, 0.05) is 50.5 Å². The van der Waals surface area contributed by atoms with Gasteiger partial charge in [0.2, 0.25) is 0 Å². The zero-order valence-corrected chi connectivity index (χ0v) is 13.3. The predicted molar refractivity (Wildman–Crippen MR) is 86.4 cm³/mol. The number of nitrogens with zero attached hydrogens (tertiary/aromatic N) is 2. The maximum atomic E-state index is 11.9. The normalized spacial score (nSPS) is 21.2. The molecule has 0 bridgehead atoms. The molecule has 2 saturated heterocycles. The molecule has 23 heavy (non-hydrogen) atoms. The van der Waals surface area contributed by atoms with Crippen molar-refractivity contribution in [3.05, 3.63) is 23.9 Å². The first-order valence-corrected chi connectivity index (χ1v) is 8.19. The highest BCUT2D eigenvalue weighted by Crippen LogP contribution is 2.18. The van der Waals surface area contributed by atoms with Gasteiger partial charge in [0.25, 0.3) is 0 Å². The molecule has 1 atom stereocenters. The van der Waals surface area contributed by atoms with E-state index < -0.39 is 0 Å². The van der Waals surface area contributed by atoms with E-state index in [0.717, 1.165) is 44.1 Å². The van der Waals surface area contributed by atoms with Gasteiger partial charge in [-0.3, -0.25) is 0 Å². The van der Waals surface area contributed by atoms with E-state index in [9.17, 15) is 4.79 Å². The van der Waals surface area contributed by atoms with Crippen LogP contribution in [0.4, 0.5) is 10.6 Å². The second-order valence-electron chi connectivity index (χ2n) is 5.88. The first-order chi connectivity index (χ1) is 11.3. The van der Waals surface area contributed by atoms with Crippen LogP contribution in [0.2, 0.25) is 0 Å². The molecule has 2 aliphatic rings. The molecule has 1 aromatic heterocycles. The number of rotatable bonds is 5. The van der Waals surface area contributed by atoms with Crippen LogP contribution in [0.5, 0.6) is 0 Å². The lowest BCUT2D eigenvalue weighted by molar-refractivity contribution is 0.122. The zero-order valence-electron chi connectivity index (χ0n) is 13.3. The van der Waals surface area contributed by atoms with Crippen molar-refractivity contribution in [3.63, 3.8) is 0 Å². The summed E-state index contributed by atoms with van der Waals surface area (Å²) in [5, 5.41) is 5.82. The lowest BCUT2D eigenvalue weighted by atomic mass is 10.1. The Hall–Kier alpha value is -1.86. The molecule has 0 radical (unpaired) electrons. The molecule has 7 nitrogen and oxygen atoms in total. The van der Waals surface area contributed by atoms with Gasteiger partial charge in [0.05, 0.1) is 19.8 Å². The number of ether oxygens (including phenoxy) is 2. The molecule has 7 heteroatoms. The summed E-state index contributed by atoms with van der Waals surface area (Å²) in [4.78, 5) is 18.6. The first-order valence-electron chi connectivity index (χ1n) is 8.19. The molecule has 3 rings (SSSR count). The number of hydrogen-bond donors (Lipinski definition) is 2. The van der Waals surface area contributed by atoms with Gasteiger partial charge in [-0.1, -0.05) is 6.07 Å². The van der Waals surface area contributed by atoms with Crippen molar-refractivity contribution in [2.75, 3.05) is 51.0 Å². The summed E-state index contributed by atoms with van der Waals surface area (Å²) in [6, 6.07) is 3.76. The van der Waals surface area contributed by atoms with E-state index in [-0.39, 0.29) is 6.03 Å². The Balaban J connectivity index is 1.50. The van der Waals surface area contributed by atoms with Crippen molar-refractivity contribution >= 4 is 11.8 Å². The fourth-order valence-corrected chi connectivity index (χ4v) is 2.85. The number of amides is 2. The van der Waals surface area contributed by atoms with Crippen LogP contribution in [0.25, 0.3) is 0 Å². The van der Waals surface area contributed by atoms with E-state index in [2.05, 4.69) is 20.5 Å². The monoisotopic (exact) mass is 320 g/mol. The zero-order chi connectivity index (χ0) is 15.9. The summed E-state index contributed by atoms with van der Waals surface area (Å²) in [5.74, 6) is 1.36. The predicted octanol–water partition coefficient (Wildman–Crippen LogP) is 0.754. The van der Waals surface area contributed by atoms with Crippen molar-refractivity contribution in [1.82, 2.24) is 15.6 Å². The second-order valence-corrected chi connectivity index (χ2v) is 5.88. The Morgan fingerprint density at radius 1 is 1.26 bits per heavy atom. The minimum Gasteiger partial charge on any atom is -0.381 e. The highest BCUT2D eigenvalue weighted by Gasteiger charge is 2.18. The molecule has 0 aliphatic carbocycles. The number of urea groups is 1. The van der Waals surface area contributed by atoms with Crippen LogP contribution in [0.1, 0.15) is 12.0 Å². The third-order valence-corrected chi connectivity index (χ3v) is 4.19. The Morgan fingerprint density at radius 2 is 2.13 bits per heavy atom. The van der Waals surface area contributed by atoms with Gasteiger partial charge in [-0.05, 0) is 12.5 Å². The lowest BCUT2D eigenvalue weighted by Gasteiger charge is -2.29. The van der Waals surface area contributed by atoms with Crippen molar-refractivity contribution in [2.45, 2.75) is 13.0 Å². The molecule has 3 heterocycles. The van der Waals surface area contributed by atoms with Crippen molar-refractivity contribution in [1.29, 1.82) is 0 Å². The van der Waals surface area contributed by atoms with E-state index in [1.807, 2.05) is 12.1 Å². The third-order valence-electron chi connectivity index (χ3n) is 4.19. The van der Waals surface area contributed by atoms with Crippen molar-refractivity contribution in [2.24, 2.45) is 5.92 Å². The van der Waals surface area contributed by atoms with Crippen LogP contribution in [0.15, 0.2) is 18.3 Å². The maximum Gasteiger partial charge on any atom is 0.315 e. The summed E-state index contributed by atoms with van der Waals surface area (Å²) >= 11 is 0. The molecule has 0 aromatic carbocycles. The van der Waals surface area contributed by atoms with Crippen LogP contribution >= 0.6 is 0 Å². The number of hydrogen-bond acceptors (Lipinski definition) is 5. The Bertz CT molecular complexity index is 514. The fraction of sp³-hybridized carbons (Fsp3) is 0.625. The summed E-state index contributed by atoms with van der Waals surface area (Å²) in [5.41, 5.74) is 1.02. The maximum absolute atomic E-state index is 11.9. The SMILES string of the molecule is O=C(NCc1cccnc1N1CCOCC1)NC[C@@H]1CCOC1. The molecule has 2 amide bonds. The van der Waals surface area contributed by atoms with Crippen LogP contribution in [-0.4, -0.2) is 57.1 Å². The summed E-state index contributed by atoms with van der Waals surface area (Å²) in [7, 11) is 0. The lowest BCUT2D eigenvalue weighted by Crippen LogP contribution is -2.40. The average Bonchev–Trinajstić information content (AvgIpc) is 3.13. The smallest absolute Gasteiger partial charge is 0.315 e. The van der Waals surface area contributed by atoms with E-state index in [1.54, 1.807) is 6.20 Å². The Kier molecular flexibility index (Phi) is 5.65. The highest BCUT2D eigenvalue weighted by molar-refractivity contribution is 5.74. The molecule has 2 fully saturated rings. The van der Waals surface area contributed by atoms with Gasteiger partial charge >= 0.3 is 6.03 Å². The molecule has 126 valence electrons. The molecule has 2 aliphatic heterocycles. The first kappa shape index (κ1) is 16.0. The van der Waals surface area contributed by atoms with Gasteiger partial charge in [0.15, 0.2) is 0 Å². The van der Waals surface area contributed by atoms with E-state index >= 15 is 0 Å². The number of anilines is 1. The average molecular weight is 320 g/mol. The summed E-state index contributed by atoms with van der Waals surface area (Å²) < 4.78 is 10.7. The van der Waals surface area contributed by atoms with E-state index in [1.165, 1.54) is 0 Å². The van der Waals surface area contributed by atoms with Gasteiger partial charge in [0.1, 0.15) is 5.82 Å². The molecule has 0 unspecified atom stereocenters. The minimum atomic E-state index is -0.145. The fourth-order valence-electron chi connectivity index (χ4n) is 2.85. The summed E-state index contributed by atoms with van der Waals surface area (Å²) in [6.45, 7) is 5.76. The highest BCUT2D eigenvalue weighted by atomic mass is 16.5. The number of aromatic nitrogens is 1. The number of carbonyl (C=O) groups is 1. The minimum absolute atomic E-state index is 0.145. The van der Waals surface area contributed by atoms with E-state index in [0.29, 0.717) is 32.2 Å². The van der Waals surface area contributed by atoms with Crippen LogP contribution in [0.3, 0.4) is 0 Å². The number of pyridine rings is 1. The van der Waals surface area contributed by atoms with Crippen LogP contribution < -0.4 is 15.5 Å². The topological polar surface area (TPSA) is 75.7 Å². The summed E-state index contributed by atoms with van der Waals surface area (Å²) in [6.07, 6.45) is 2.80. The van der Waals surface area contributed by atoms with E-state index in [4.69, 9.17) is 9.47 Å². The molecule has 1 aromatic rings. The van der Waals surface area contributed by atoms with Gasteiger partial charge in [-0.25, -0.2) is 9.78 Å². The molecule has 2 N–H and O–H groups in total. The van der Waals surface area contributed by atoms with Gasteiger partial charge in [-0.15, -0.1) is 0 Å². The Morgan fingerprint density at radius 3 is 2.91 bits per heavy atom. The molecular weight excluding hydrogens is 296 g/mol. The standard InChI is InChI=1S/C16H24N4O3/c21-16(18-10-13-3-7-23-12-13)19-11-14-2-1-4-17-15(14)20-5-8-22-9-6-20/h1-2,4,13H,3,5-12H2,(H2,18,19,21)/t13-/m0/s1. The second kappa shape index (κ2) is 8.12. The molecule has 0 saturated carbocycles. The van der Waals surface area contributed by atoms with Crippen molar-refractivity contribution in [3.8, 4) is 0 Å². The number of nitrogens with one attached hydrogen (secondary N) is 2. The van der Waals surface area contributed by atoms with Crippen molar-refractivity contribution < 1.29 is 14.3 Å². The van der Waals surface area contributed by atoms with Gasteiger partial charge in [-0.2, -0.15) is 0 Å². The van der Waals surface area contributed by atoms with Gasteiger partial charge < -0.3 is 25.0 Å². The Labute approximate surface area is 136 Å². The number of carbonyl (C=O) groups excluding carboxylic acids is 1. The largest absolute Gasteiger partial charge is 0.381 e.